The lowest BCUT2D eigenvalue weighted by Gasteiger charge is -2.30. The van der Waals surface area contributed by atoms with Crippen LogP contribution in [0.5, 0.6) is 17.2 Å². The highest BCUT2D eigenvalue weighted by atomic mass is 16.6. The summed E-state index contributed by atoms with van der Waals surface area (Å²) in [6.07, 6.45) is 4.33. The van der Waals surface area contributed by atoms with E-state index in [0.717, 1.165) is 35.7 Å². The summed E-state index contributed by atoms with van der Waals surface area (Å²) in [5, 5.41) is 0. The molecule has 98 valence electrons. The van der Waals surface area contributed by atoms with Gasteiger partial charge in [-0.25, -0.2) is 0 Å². The minimum atomic E-state index is -0.292. The molecule has 0 radical (unpaired) electrons. The van der Waals surface area contributed by atoms with Gasteiger partial charge in [-0.1, -0.05) is 12.8 Å². The molecule has 0 bridgehead atoms. The van der Waals surface area contributed by atoms with E-state index in [4.69, 9.17) is 19.9 Å². The van der Waals surface area contributed by atoms with Gasteiger partial charge < -0.3 is 19.9 Å². The molecule has 1 aliphatic heterocycles. The summed E-state index contributed by atoms with van der Waals surface area (Å²) in [6.45, 7) is 1.17. The minimum Gasteiger partial charge on any atom is -0.497 e. The number of hydrogen-bond donors (Lipinski definition) is 1. The summed E-state index contributed by atoms with van der Waals surface area (Å²) < 4.78 is 16.8. The average molecular weight is 249 g/mol. The number of rotatable bonds is 2. The normalized spacial score (nSPS) is 20.8. The molecule has 1 aromatic rings. The van der Waals surface area contributed by atoms with Gasteiger partial charge in [-0.3, -0.25) is 0 Å². The third-order valence-corrected chi connectivity index (χ3v) is 3.88. The van der Waals surface area contributed by atoms with Crippen LogP contribution in [0.25, 0.3) is 0 Å². The van der Waals surface area contributed by atoms with Crippen molar-refractivity contribution in [3.8, 4) is 17.2 Å². The van der Waals surface area contributed by atoms with Crippen molar-refractivity contribution in [1.29, 1.82) is 0 Å². The van der Waals surface area contributed by atoms with E-state index in [1.807, 2.05) is 12.1 Å². The highest BCUT2D eigenvalue weighted by Gasteiger charge is 2.36. The van der Waals surface area contributed by atoms with E-state index in [-0.39, 0.29) is 5.54 Å². The molecule has 3 rings (SSSR count). The van der Waals surface area contributed by atoms with Gasteiger partial charge in [-0.2, -0.15) is 0 Å². The Hall–Kier alpha value is -1.42. The Kier molecular flexibility index (Phi) is 2.82. The van der Waals surface area contributed by atoms with E-state index in [2.05, 4.69) is 0 Å². The van der Waals surface area contributed by atoms with Crippen molar-refractivity contribution in [2.24, 2.45) is 5.73 Å². The van der Waals surface area contributed by atoms with E-state index in [1.54, 1.807) is 7.11 Å². The van der Waals surface area contributed by atoms with Crippen LogP contribution in [0.3, 0.4) is 0 Å². The SMILES string of the molecule is COc1cc2c(c(C3(N)CCCC3)c1)OCCO2. The van der Waals surface area contributed by atoms with Crippen molar-refractivity contribution in [3.63, 3.8) is 0 Å². The smallest absolute Gasteiger partial charge is 0.166 e. The molecule has 0 saturated heterocycles. The second-order valence-electron chi connectivity index (χ2n) is 5.06. The van der Waals surface area contributed by atoms with Crippen molar-refractivity contribution in [1.82, 2.24) is 0 Å². The van der Waals surface area contributed by atoms with Crippen molar-refractivity contribution >= 4 is 0 Å². The summed E-state index contributed by atoms with van der Waals surface area (Å²) in [4.78, 5) is 0. The highest BCUT2D eigenvalue weighted by Crippen LogP contribution is 2.47. The third-order valence-electron chi connectivity index (χ3n) is 3.88. The zero-order chi connectivity index (χ0) is 12.6. The molecule has 0 spiro atoms. The molecule has 2 N–H and O–H groups in total. The van der Waals surface area contributed by atoms with Crippen LogP contribution in [0.4, 0.5) is 0 Å². The van der Waals surface area contributed by atoms with Crippen molar-refractivity contribution in [2.75, 3.05) is 20.3 Å². The predicted octanol–water partition coefficient (Wildman–Crippen LogP) is 2.19. The predicted molar refractivity (Wildman–Crippen MR) is 68.3 cm³/mol. The summed E-state index contributed by atoms with van der Waals surface area (Å²) >= 11 is 0. The van der Waals surface area contributed by atoms with E-state index in [1.165, 1.54) is 12.8 Å². The van der Waals surface area contributed by atoms with Gasteiger partial charge in [0, 0.05) is 17.2 Å². The standard InChI is InChI=1S/C14H19NO3/c1-16-10-8-11(14(15)4-2-3-5-14)13-12(9-10)17-6-7-18-13/h8-9H,2-7,15H2,1H3. The monoisotopic (exact) mass is 249 g/mol. The fourth-order valence-electron chi connectivity index (χ4n) is 2.89. The largest absolute Gasteiger partial charge is 0.497 e. The Morgan fingerprint density at radius 2 is 1.89 bits per heavy atom. The fourth-order valence-corrected chi connectivity index (χ4v) is 2.89. The van der Waals surface area contributed by atoms with Gasteiger partial charge in [0.25, 0.3) is 0 Å². The van der Waals surface area contributed by atoms with Crippen molar-refractivity contribution < 1.29 is 14.2 Å². The molecular weight excluding hydrogens is 230 g/mol. The van der Waals surface area contributed by atoms with Crippen LogP contribution in [0.2, 0.25) is 0 Å². The molecule has 1 fully saturated rings. The quantitative estimate of drug-likeness (QED) is 0.873. The molecule has 1 aromatic carbocycles. The van der Waals surface area contributed by atoms with Crippen LogP contribution in [-0.2, 0) is 5.54 Å². The maximum atomic E-state index is 6.54. The van der Waals surface area contributed by atoms with Crippen LogP contribution in [0.1, 0.15) is 31.2 Å². The Labute approximate surface area is 107 Å². The van der Waals surface area contributed by atoms with Crippen LogP contribution in [-0.4, -0.2) is 20.3 Å². The molecule has 2 aliphatic rings. The van der Waals surface area contributed by atoms with Crippen molar-refractivity contribution in [2.45, 2.75) is 31.2 Å². The first-order valence-electron chi connectivity index (χ1n) is 6.50. The zero-order valence-corrected chi connectivity index (χ0v) is 10.7. The summed E-state index contributed by atoms with van der Waals surface area (Å²) in [5.74, 6) is 2.35. The van der Waals surface area contributed by atoms with Gasteiger partial charge in [0.1, 0.15) is 19.0 Å². The molecule has 0 atom stereocenters. The van der Waals surface area contributed by atoms with Crippen molar-refractivity contribution in [3.05, 3.63) is 17.7 Å². The molecule has 4 nitrogen and oxygen atoms in total. The Bertz CT molecular complexity index is 453. The maximum absolute atomic E-state index is 6.54. The molecular formula is C14H19NO3. The fraction of sp³-hybridized carbons (Fsp3) is 0.571. The van der Waals surface area contributed by atoms with Gasteiger partial charge in [0.15, 0.2) is 11.5 Å². The van der Waals surface area contributed by atoms with Crippen LogP contribution in [0, 0.1) is 0 Å². The van der Waals surface area contributed by atoms with Crippen LogP contribution >= 0.6 is 0 Å². The van der Waals surface area contributed by atoms with E-state index < -0.39 is 0 Å². The first kappa shape index (κ1) is 11.7. The van der Waals surface area contributed by atoms with Gasteiger partial charge in [0.2, 0.25) is 0 Å². The molecule has 18 heavy (non-hydrogen) atoms. The molecule has 0 aromatic heterocycles. The number of ether oxygens (including phenoxy) is 3. The Morgan fingerprint density at radius 3 is 2.61 bits per heavy atom. The first-order chi connectivity index (χ1) is 8.73. The van der Waals surface area contributed by atoms with E-state index in [9.17, 15) is 0 Å². The van der Waals surface area contributed by atoms with E-state index >= 15 is 0 Å². The second-order valence-corrected chi connectivity index (χ2v) is 5.06. The van der Waals surface area contributed by atoms with Crippen LogP contribution in [0.15, 0.2) is 12.1 Å². The van der Waals surface area contributed by atoms with Gasteiger partial charge in [-0.05, 0) is 18.9 Å². The lowest BCUT2D eigenvalue weighted by Crippen LogP contribution is -2.34. The Balaban J connectivity index is 2.11. The molecule has 4 heteroatoms. The maximum Gasteiger partial charge on any atom is 0.166 e. The minimum absolute atomic E-state index is 0.292. The lowest BCUT2D eigenvalue weighted by molar-refractivity contribution is 0.166. The van der Waals surface area contributed by atoms with Gasteiger partial charge in [0.05, 0.1) is 7.11 Å². The average Bonchev–Trinajstić information content (AvgIpc) is 2.85. The number of benzene rings is 1. The van der Waals surface area contributed by atoms with Gasteiger partial charge >= 0.3 is 0 Å². The molecule has 1 heterocycles. The molecule has 1 saturated carbocycles. The number of nitrogens with two attached hydrogens (primary N) is 1. The molecule has 0 amide bonds. The zero-order valence-electron chi connectivity index (χ0n) is 10.7. The van der Waals surface area contributed by atoms with Crippen LogP contribution < -0.4 is 19.9 Å². The van der Waals surface area contributed by atoms with E-state index in [0.29, 0.717) is 13.2 Å². The third kappa shape index (κ3) is 1.81. The topological polar surface area (TPSA) is 53.7 Å². The summed E-state index contributed by atoms with van der Waals surface area (Å²) in [5.41, 5.74) is 7.28. The molecule has 1 aliphatic carbocycles. The Morgan fingerprint density at radius 1 is 1.17 bits per heavy atom. The number of methoxy groups -OCH3 is 1. The summed E-state index contributed by atoms with van der Waals surface area (Å²) in [6, 6.07) is 3.87. The second kappa shape index (κ2) is 4.35. The highest BCUT2D eigenvalue weighted by molar-refractivity contribution is 5.55. The number of hydrogen-bond acceptors (Lipinski definition) is 4. The molecule has 0 unspecified atom stereocenters. The van der Waals surface area contributed by atoms with Gasteiger partial charge in [-0.15, -0.1) is 0 Å². The number of fused-ring (bicyclic) bond motifs is 1. The summed E-state index contributed by atoms with van der Waals surface area (Å²) in [7, 11) is 1.66. The first-order valence-corrected chi connectivity index (χ1v) is 6.50. The lowest BCUT2D eigenvalue weighted by atomic mass is 9.88.